The fraction of sp³-hybridized carbons (Fsp3) is 0.750. The maximum absolute atomic E-state index is 3.83. The molecule has 0 saturated heterocycles. The molecule has 1 aliphatic rings. The molecule has 1 aromatic rings. The van der Waals surface area contributed by atoms with E-state index in [2.05, 4.69) is 54.2 Å². The van der Waals surface area contributed by atoms with Crippen molar-refractivity contribution in [3.05, 3.63) is 20.8 Å². The van der Waals surface area contributed by atoms with Gasteiger partial charge in [-0.15, -0.1) is 11.3 Å². The predicted molar refractivity (Wildman–Crippen MR) is 88.9 cm³/mol. The van der Waals surface area contributed by atoms with E-state index in [9.17, 15) is 0 Å². The van der Waals surface area contributed by atoms with Gasteiger partial charge in [-0.2, -0.15) is 0 Å². The Hall–Kier alpha value is 0.140. The average molecular weight is 344 g/mol. The van der Waals surface area contributed by atoms with Crippen LogP contribution in [0.3, 0.4) is 0 Å². The normalized spacial score (nSPS) is 24.6. The first-order valence-corrected chi connectivity index (χ1v) is 9.05. The highest BCUT2D eigenvalue weighted by molar-refractivity contribution is 9.11. The van der Waals surface area contributed by atoms with Crippen LogP contribution in [0.5, 0.6) is 0 Å². The van der Waals surface area contributed by atoms with Crippen LogP contribution in [0.15, 0.2) is 15.9 Å². The van der Waals surface area contributed by atoms with Gasteiger partial charge in [0.1, 0.15) is 0 Å². The Morgan fingerprint density at radius 1 is 1.26 bits per heavy atom. The third-order valence-corrected chi connectivity index (χ3v) is 5.97. The minimum absolute atomic E-state index is 0.435. The Morgan fingerprint density at radius 2 is 2.00 bits per heavy atom. The zero-order valence-electron chi connectivity index (χ0n) is 12.3. The molecular formula is C16H26BrNS. The Bertz CT molecular complexity index is 394. The summed E-state index contributed by atoms with van der Waals surface area (Å²) in [5, 5.41) is 3.83. The molecule has 0 amide bonds. The molecule has 3 heteroatoms. The number of rotatable bonds is 4. The van der Waals surface area contributed by atoms with Crippen LogP contribution in [0, 0.1) is 11.3 Å². The molecule has 0 aromatic carbocycles. The van der Waals surface area contributed by atoms with Crippen molar-refractivity contribution >= 4 is 27.3 Å². The Balaban J connectivity index is 1.83. The Morgan fingerprint density at radius 3 is 2.63 bits per heavy atom. The fourth-order valence-electron chi connectivity index (χ4n) is 3.28. The van der Waals surface area contributed by atoms with Gasteiger partial charge in [0.05, 0.1) is 3.79 Å². The summed E-state index contributed by atoms with van der Waals surface area (Å²) < 4.78 is 1.24. The van der Waals surface area contributed by atoms with Gasteiger partial charge in [-0.1, -0.05) is 33.6 Å². The number of halogens is 1. The van der Waals surface area contributed by atoms with Crippen LogP contribution >= 0.6 is 27.3 Å². The lowest BCUT2D eigenvalue weighted by atomic mass is 9.69. The Kier molecular flexibility index (Phi) is 5.50. The van der Waals surface area contributed by atoms with Gasteiger partial charge < -0.3 is 5.32 Å². The number of hydrogen-bond acceptors (Lipinski definition) is 2. The molecule has 1 nitrogen and oxygen atoms in total. The summed E-state index contributed by atoms with van der Waals surface area (Å²) in [5.41, 5.74) is 0.435. The molecule has 1 heterocycles. The van der Waals surface area contributed by atoms with Gasteiger partial charge in [-0.25, -0.2) is 0 Å². The summed E-state index contributed by atoms with van der Waals surface area (Å²) in [6.45, 7) is 8.31. The van der Waals surface area contributed by atoms with Gasteiger partial charge in [0, 0.05) is 17.5 Å². The zero-order valence-corrected chi connectivity index (χ0v) is 14.7. The van der Waals surface area contributed by atoms with Crippen molar-refractivity contribution in [1.29, 1.82) is 0 Å². The van der Waals surface area contributed by atoms with Crippen LogP contribution in [0.1, 0.15) is 51.3 Å². The molecule has 1 fully saturated rings. The van der Waals surface area contributed by atoms with Crippen LogP contribution in [0.2, 0.25) is 0 Å². The lowest BCUT2D eigenvalue weighted by Crippen LogP contribution is -2.44. The molecule has 2 unspecified atom stereocenters. The van der Waals surface area contributed by atoms with Crippen molar-refractivity contribution in [3.63, 3.8) is 0 Å². The molecule has 2 rings (SSSR count). The van der Waals surface area contributed by atoms with Gasteiger partial charge in [0.2, 0.25) is 0 Å². The highest BCUT2D eigenvalue weighted by atomic mass is 79.9. The summed E-state index contributed by atoms with van der Waals surface area (Å²) in [5.74, 6) is 0.830. The largest absolute Gasteiger partial charge is 0.313 e. The molecule has 2 atom stereocenters. The van der Waals surface area contributed by atoms with Crippen LogP contribution < -0.4 is 5.32 Å². The van der Waals surface area contributed by atoms with Crippen LogP contribution in [0.4, 0.5) is 0 Å². The molecule has 1 aromatic heterocycles. The molecule has 0 radical (unpaired) electrons. The van der Waals surface area contributed by atoms with Gasteiger partial charge in [0.25, 0.3) is 0 Å². The van der Waals surface area contributed by atoms with Crippen molar-refractivity contribution < 1.29 is 0 Å². The monoisotopic (exact) mass is 343 g/mol. The van der Waals surface area contributed by atoms with E-state index in [0.29, 0.717) is 5.41 Å². The topological polar surface area (TPSA) is 12.0 Å². The first kappa shape index (κ1) is 15.5. The third kappa shape index (κ3) is 4.57. The van der Waals surface area contributed by atoms with Crippen molar-refractivity contribution in [2.75, 3.05) is 6.54 Å². The summed E-state index contributed by atoms with van der Waals surface area (Å²) >= 11 is 5.39. The molecule has 108 valence electrons. The minimum atomic E-state index is 0.435. The van der Waals surface area contributed by atoms with Gasteiger partial charge >= 0.3 is 0 Å². The highest BCUT2D eigenvalue weighted by Crippen LogP contribution is 2.38. The van der Waals surface area contributed by atoms with Gasteiger partial charge in [-0.3, -0.25) is 0 Å². The number of nitrogens with one attached hydrogen (secondary N) is 1. The van der Waals surface area contributed by atoms with E-state index in [1.165, 1.54) is 34.3 Å². The van der Waals surface area contributed by atoms with E-state index in [4.69, 9.17) is 0 Å². The lowest BCUT2D eigenvalue weighted by molar-refractivity contribution is 0.131. The van der Waals surface area contributed by atoms with E-state index in [1.54, 1.807) is 0 Å². The van der Waals surface area contributed by atoms with Crippen molar-refractivity contribution in [2.24, 2.45) is 11.3 Å². The third-order valence-electron chi connectivity index (χ3n) is 4.29. The lowest BCUT2D eigenvalue weighted by Gasteiger charge is -2.41. The molecule has 19 heavy (non-hydrogen) atoms. The van der Waals surface area contributed by atoms with Crippen LogP contribution in [0.25, 0.3) is 0 Å². The van der Waals surface area contributed by atoms with E-state index < -0.39 is 0 Å². The molecular weight excluding hydrogens is 318 g/mol. The van der Waals surface area contributed by atoms with Gasteiger partial charge in [0.15, 0.2) is 0 Å². The van der Waals surface area contributed by atoms with E-state index in [-0.39, 0.29) is 0 Å². The van der Waals surface area contributed by atoms with Crippen molar-refractivity contribution in [1.82, 2.24) is 5.32 Å². The smallest absolute Gasteiger partial charge is 0.0701 e. The van der Waals surface area contributed by atoms with E-state index >= 15 is 0 Å². The molecule has 0 aliphatic heterocycles. The first-order valence-electron chi connectivity index (χ1n) is 7.44. The maximum atomic E-state index is 3.83. The van der Waals surface area contributed by atoms with E-state index in [0.717, 1.165) is 24.9 Å². The number of thiophene rings is 1. The predicted octanol–water partition coefficient (Wildman–Crippen LogP) is 5.25. The molecule has 1 aliphatic carbocycles. The second-order valence-electron chi connectivity index (χ2n) is 6.77. The molecule has 1 N–H and O–H groups in total. The maximum Gasteiger partial charge on any atom is 0.0701 e. The van der Waals surface area contributed by atoms with Crippen molar-refractivity contribution in [3.8, 4) is 0 Å². The summed E-state index contributed by atoms with van der Waals surface area (Å²) in [4.78, 5) is 1.47. The first-order chi connectivity index (χ1) is 8.97. The fourth-order valence-corrected chi connectivity index (χ4v) is 4.76. The van der Waals surface area contributed by atoms with Gasteiger partial charge in [-0.05, 0) is 58.7 Å². The number of hydrogen-bond donors (Lipinski definition) is 1. The molecule has 0 spiro atoms. The second kappa shape index (κ2) is 6.73. The Labute approximate surface area is 130 Å². The standard InChI is InChI=1S/C16H26BrNS/c1-16(2,3)13-6-4-5-7-14(13)18-11-10-12-8-9-15(17)19-12/h8-9,13-14,18H,4-7,10-11H2,1-3H3. The second-order valence-corrected chi connectivity index (χ2v) is 9.32. The SMILES string of the molecule is CC(C)(C)C1CCCCC1NCCc1ccc(Br)s1. The van der Waals surface area contributed by atoms with Crippen LogP contribution in [-0.2, 0) is 6.42 Å². The molecule has 0 bridgehead atoms. The summed E-state index contributed by atoms with van der Waals surface area (Å²) in [7, 11) is 0. The molecule has 1 saturated carbocycles. The quantitative estimate of drug-likeness (QED) is 0.787. The summed E-state index contributed by atoms with van der Waals surface area (Å²) in [6, 6.07) is 5.11. The van der Waals surface area contributed by atoms with Crippen molar-refractivity contribution in [2.45, 2.75) is 58.9 Å². The zero-order chi connectivity index (χ0) is 13.9. The average Bonchev–Trinajstić information content (AvgIpc) is 2.74. The van der Waals surface area contributed by atoms with E-state index in [1.807, 2.05) is 11.3 Å². The highest BCUT2D eigenvalue weighted by Gasteiger charge is 2.33. The summed E-state index contributed by atoms with van der Waals surface area (Å²) in [6.07, 6.45) is 6.72. The van der Waals surface area contributed by atoms with Crippen LogP contribution in [-0.4, -0.2) is 12.6 Å². The minimum Gasteiger partial charge on any atom is -0.313 e.